The maximum atomic E-state index is 12.4. The Morgan fingerprint density at radius 3 is 2.44 bits per heavy atom. The van der Waals surface area contributed by atoms with Crippen molar-refractivity contribution in [2.75, 3.05) is 27.2 Å². The van der Waals surface area contributed by atoms with Crippen LogP contribution in [0.1, 0.15) is 11.1 Å². The van der Waals surface area contributed by atoms with E-state index in [0.717, 1.165) is 22.1 Å². The molecule has 0 aliphatic heterocycles. The zero-order chi connectivity index (χ0) is 20.2. The molecule has 146 valence electrons. The number of rotatable bonds is 8. The van der Waals surface area contributed by atoms with Crippen molar-refractivity contribution in [2.45, 2.75) is 18.7 Å². The van der Waals surface area contributed by atoms with E-state index in [0.29, 0.717) is 12.3 Å². The molecule has 0 radical (unpaired) electrons. The van der Waals surface area contributed by atoms with Crippen molar-refractivity contribution in [1.29, 1.82) is 0 Å². The molecule has 0 aliphatic carbocycles. The highest BCUT2D eigenvalue weighted by atomic mass is 32.2. The van der Waals surface area contributed by atoms with Crippen LogP contribution in [-0.4, -0.2) is 40.5 Å². The summed E-state index contributed by atoms with van der Waals surface area (Å²) in [7, 11) is -0.0371. The van der Waals surface area contributed by atoms with Crippen molar-refractivity contribution in [3.05, 3.63) is 57.6 Å². The number of hydrogen-bond acceptors (Lipinski definition) is 5. The summed E-state index contributed by atoms with van der Waals surface area (Å²) in [5.41, 5.74) is 1.36. The van der Waals surface area contributed by atoms with E-state index >= 15 is 0 Å². The molecule has 2 aromatic carbocycles. The number of aryl methyl sites for hydroxylation is 2. The molecular weight excluding hydrogens is 370 g/mol. The van der Waals surface area contributed by atoms with Crippen LogP contribution in [0.25, 0.3) is 0 Å². The molecule has 0 saturated heterocycles. The summed E-state index contributed by atoms with van der Waals surface area (Å²) < 4.78 is 32.9. The quantitative estimate of drug-likeness (QED) is 0.521. The van der Waals surface area contributed by atoms with Gasteiger partial charge in [0.15, 0.2) is 0 Å². The fraction of sp³-hybridized carbons (Fsp3) is 0.333. The van der Waals surface area contributed by atoms with E-state index < -0.39 is 20.6 Å². The van der Waals surface area contributed by atoms with Crippen molar-refractivity contribution in [3.8, 4) is 11.5 Å². The molecule has 0 unspecified atom stereocenters. The number of ether oxygens (including phenoxy) is 1. The lowest BCUT2D eigenvalue weighted by atomic mass is 10.1. The molecule has 0 bridgehead atoms. The van der Waals surface area contributed by atoms with Crippen LogP contribution in [0.4, 0.5) is 5.69 Å². The Morgan fingerprint density at radius 1 is 1.11 bits per heavy atom. The normalized spacial score (nSPS) is 11.6. The van der Waals surface area contributed by atoms with E-state index in [2.05, 4.69) is 4.72 Å². The molecule has 2 aromatic rings. The maximum Gasteiger partial charge on any atom is 0.312 e. The number of sulfonamides is 1. The van der Waals surface area contributed by atoms with Crippen LogP contribution in [0.3, 0.4) is 0 Å². The monoisotopic (exact) mass is 394 g/mol. The Labute approximate surface area is 159 Å². The third kappa shape index (κ3) is 5.49. The lowest BCUT2D eigenvalue weighted by molar-refractivity contribution is -0.856. The molecule has 0 spiro atoms. The Balaban J connectivity index is 2.34. The molecule has 2 rings (SSSR count). The number of nitrogens with zero attached hydrogens (tertiary/aromatic N) is 1. The lowest BCUT2D eigenvalue weighted by Gasteiger charge is -2.12. The second kappa shape index (κ2) is 8.47. The molecule has 0 heterocycles. The fourth-order valence-corrected chi connectivity index (χ4v) is 3.40. The summed E-state index contributed by atoms with van der Waals surface area (Å²) in [4.78, 5) is 11.7. The van der Waals surface area contributed by atoms with Gasteiger partial charge in [0.25, 0.3) is 0 Å². The van der Waals surface area contributed by atoms with Crippen molar-refractivity contribution in [3.63, 3.8) is 0 Å². The van der Waals surface area contributed by atoms with Gasteiger partial charge in [-0.15, -0.1) is 0 Å². The Bertz CT molecular complexity index is 942. The van der Waals surface area contributed by atoms with E-state index in [-0.39, 0.29) is 17.2 Å². The Morgan fingerprint density at radius 2 is 1.81 bits per heavy atom. The molecule has 27 heavy (non-hydrogen) atoms. The molecule has 0 amide bonds. The second-order valence-corrected chi connectivity index (χ2v) is 8.38. The minimum atomic E-state index is -3.84. The van der Waals surface area contributed by atoms with Gasteiger partial charge in [-0.25, -0.2) is 13.1 Å². The number of hydrogen-bond donors (Lipinski definition) is 2. The first kappa shape index (κ1) is 20.8. The average molecular weight is 394 g/mol. The van der Waals surface area contributed by atoms with Gasteiger partial charge in [-0.2, -0.15) is 0 Å². The van der Waals surface area contributed by atoms with Gasteiger partial charge < -0.3 is 9.64 Å². The highest BCUT2D eigenvalue weighted by Crippen LogP contribution is 2.34. The van der Waals surface area contributed by atoms with E-state index in [1.165, 1.54) is 12.1 Å². The summed E-state index contributed by atoms with van der Waals surface area (Å²) >= 11 is 0. The summed E-state index contributed by atoms with van der Waals surface area (Å²) in [5.74, 6) is 0.478. The van der Waals surface area contributed by atoms with E-state index in [9.17, 15) is 18.5 Å². The largest absolute Gasteiger partial charge is 0.450 e. The minimum Gasteiger partial charge on any atom is -0.450 e. The summed E-state index contributed by atoms with van der Waals surface area (Å²) in [6, 6.07) is 9.17. The van der Waals surface area contributed by atoms with Crippen LogP contribution in [0.5, 0.6) is 11.5 Å². The number of likely N-dealkylation sites (N-methyl/N-ethyl adjacent to an activating group) is 1. The van der Waals surface area contributed by atoms with Crippen molar-refractivity contribution >= 4 is 15.7 Å². The Kier molecular flexibility index (Phi) is 6.53. The SMILES string of the molecule is Cc1ccc(C)c(Oc2ccc(S(=O)(=O)NCC[NH+](C)C)cc2[N+](=O)[O-])c1. The molecule has 0 saturated carbocycles. The Hall–Kier alpha value is -2.49. The van der Waals surface area contributed by atoms with E-state index in [4.69, 9.17) is 4.74 Å². The van der Waals surface area contributed by atoms with Crippen LogP contribution in [0, 0.1) is 24.0 Å². The second-order valence-electron chi connectivity index (χ2n) is 6.61. The predicted molar refractivity (Wildman–Crippen MR) is 102 cm³/mol. The first-order chi connectivity index (χ1) is 12.6. The minimum absolute atomic E-state index is 0.00890. The van der Waals surface area contributed by atoms with Gasteiger partial charge >= 0.3 is 5.69 Å². The first-order valence-electron chi connectivity index (χ1n) is 8.42. The molecule has 0 fully saturated rings. The van der Waals surface area contributed by atoms with Gasteiger partial charge in [-0.3, -0.25) is 10.1 Å². The van der Waals surface area contributed by atoms with Crippen LogP contribution in [0.2, 0.25) is 0 Å². The number of nitro benzene ring substituents is 1. The summed E-state index contributed by atoms with van der Waals surface area (Å²) in [5, 5.41) is 11.5. The molecule has 0 aromatic heterocycles. The lowest BCUT2D eigenvalue weighted by Crippen LogP contribution is -3.06. The standard InChI is InChI=1S/C18H23N3O5S/c1-13-5-6-14(2)18(11-13)26-17-8-7-15(12-16(17)21(22)23)27(24,25)19-9-10-20(3)4/h5-8,11-12,19H,9-10H2,1-4H3/p+1. The van der Waals surface area contributed by atoms with Crippen molar-refractivity contribution in [1.82, 2.24) is 4.72 Å². The number of quaternary nitrogens is 1. The van der Waals surface area contributed by atoms with Crippen molar-refractivity contribution in [2.24, 2.45) is 0 Å². The zero-order valence-corrected chi connectivity index (χ0v) is 16.6. The van der Waals surface area contributed by atoms with Crippen molar-refractivity contribution < 1.29 is 23.0 Å². The first-order valence-corrected chi connectivity index (χ1v) is 9.90. The number of benzene rings is 2. The van der Waals surface area contributed by atoms with Crippen LogP contribution >= 0.6 is 0 Å². The smallest absolute Gasteiger partial charge is 0.312 e. The third-order valence-corrected chi connectivity index (χ3v) is 5.38. The highest BCUT2D eigenvalue weighted by Gasteiger charge is 2.23. The number of nitro groups is 1. The zero-order valence-electron chi connectivity index (χ0n) is 15.8. The van der Waals surface area contributed by atoms with Gasteiger partial charge in [-0.05, 0) is 43.2 Å². The van der Waals surface area contributed by atoms with Crippen LogP contribution in [0.15, 0.2) is 41.3 Å². The predicted octanol–water partition coefficient (Wildman–Crippen LogP) is 1.43. The van der Waals surface area contributed by atoms with Crippen LogP contribution in [-0.2, 0) is 10.0 Å². The van der Waals surface area contributed by atoms with Gasteiger partial charge in [0.1, 0.15) is 5.75 Å². The number of nitrogens with one attached hydrogen (secondary N) is 2. The molecule has 8 nitrogen and oxygen atoms in total. The molecular formula is C18H24N3O5S+. The third-order valence-electron chi connectivity index (χ3n) is 3.92. The molecule has 0 aliphatic rings. The average Bonchev–Trinajstić information content (AvgIpc) is 2.57. The summed E-state index contributed by atoms with van der Waals surface area (Å²) in [6.45, 7) is 4.54. The fourth-order valence-electron chi connectivity index (χ4n) is 2.35. The van der Waals surface area contributed by atoms with E-state index in [1.54, 1.807) is 6.07 Å². The van der Waals surface area contributed by atoms with Gasteiger partial charge in [-0.1, -0.05) is 12.1 Å². The van der Waals surface area contributed by atoms with Crippen LogP contribution < -0.4 is 14.4 Å². The summed E-state index contributed by atoms with van der Waals surface area (Å²) in [6.07, 6.45) is 0. The molecule has 9 heteroatoms. The highest BCUT2D eigenvalue weighted by molar-refractivity contribution is 7.89. The maximum absolute atomic E-state index is 12.4. The topological polar surface area (TPSA) is 103 Å². The van der Waals surface area contributed by atoms with E-state index in [1.807, 2.05) is 40.1 Å². The molecule has 0 atom stereocenters. The molecule has 2 N–H and O–H groups in total. The van der Waals surface area contributed by atoms with Gasteiger partial charge in [0.2, 0.25) is 15.8 Å². The van der Waals surface area contributed by atoms with Gasteiger partial charge in [0, 0.05) is 6.07 Å². The van der Waals surface area contributed by atoms with Gasteiger partial charge in [0.05, 0.1) is 37.0 Å².